The first-order valence-corrected chi connectivity index (χ1v) is 11.2. The van der Waals surface area contributed by atoms with E-state index in [9.17, 15) is 5.11 Å². The van der Waals surface area contributed by atoms with Crippen molar-refractivity contribution in [2.24, 2.45) is 4.99 Å². The van der Waals surface area contributed by atoms with Crippen LogP contribution < -0.4 is 10.6 Å². The molecule has 166 valence electrons. The van der Waals surface area contributed by atoms with Crippen LogP contribution in [0, 0.1) is 0 Å². The number of rotatable bonds is 8. The Morgan fingerprint density at radius 3 is 2.60 bits per heavy atom. The molecular weight excluding hydrogens is 535 g/mol. The van der Waals surface area contributed by atoms with Crippen LogP contribution in [-0.4, -0.2) is 61.9 Å². The summed E-state index contributed by atoms with van der Waals surface area (Å²) in [6.07, 6.45) is -0.636. The Labute approximate surface area is 204 Å². The predicted octanol–water partition coefficient (Wildman–Crippen LogP) is 3.68. The molecule has 1 fully saturated rings. The summed E-state index contributed by atoms with van der Waals surface area (Å²) in [6.45, 7) is 7.15. The maximum absolute atomic E-state index is 10.5. The first-order valence-electron chi connectivity index (χ1n) is 9.98. The molecule has 1 aliphatic heterocycles. The molecule has 1 aliphatic rings. The molecule has 9 heteroatoms. The lowest BCUT2D eigenvalue weighted by Crippen LogP contribution is -2.42. The zero-order chi connectivity index (χ0) is 20.5. The molecule has 1 saturated heterocycles. The Balaban J connectivity index is 0.00000320. The van der Waals surface area contributed by atoms with E-state index in [-0.39, 0.29) is 30.0 Å². The first kappa shape index (κ1) is 25.4. The molecule has 30 heavy (non-hydrogen) atoms. The lowest BCUT2D eigenvalue weighted by molar-refractivity contribution is 0.0186. The normalized spacial score (nSPS) is 17.1. The van der Waals surface area contributed by atoms with E-state index in [1.165, 1.54) is 4.88 Å². The number of morpholine rings is 1. The maximum atomic E-state index is 10.5. The number of guanidine groups is 1. The third-order valence-electron chi connectivity index (χ3n) is 4.84. The van der Waals surface area contributed by atoms with E-state index in [0.717, 1.165) is 38.4 Å². The van der Waals surface area contributed by atoms with Crippen LogP contribution >= 0.6 is 46.9 Å². The Hall–Kier alpha value is -0.910. The van der Waals surface area contributed by atoms with E-state index >= 15 is 0 Å². The number of aliphatic hydroxyl groups is 1. The Kier molecular flexibility index (Phi) is 11.4. The highest BCUT2D eigenvalue weighted by atomic mass is 127. The second-order valence-electron chi connectivity index (χ2n) is 6.85. The number of aliphatic hydroxyl groups excluding tert-OH is 1. The largest absolute Gasteiger partial charge is 0.387 e. The van der Waals surface area contributed by atoms with Crippen molar-refractivity contribution in [2.75, 3.05) is 45.9 Å². The summed E-state index contributed by atoms with van der Waals surface area (Å²) in [6, 6.07) is 11.7. The summed E-state index contributed by atoms with van der Waals surface area (Å²) in [5.41, 5.74) is 0.822. The molecule has 2 unspecified atom stereocenters. The smallest absolute Gasteiger partial charge is 0.191 e. The van der Waals surface area contributed by atoms with E-state index in [0.29, 0.717) is 24.1 Å². The summed E-state index contributed by atoms with van der Waals surface area (Å²) < 4.78 is 5.51. The minimum Gasteiger partial charge on any atom is -0.387 e. The fourth-order valence-electron chi connectivity index (χ4n) is 3.27. The standard InChI is InChI=1S/C21H29ClN4O2S.HI/c1-2-23-21(25-15-19(27)16-5-7-17(22)8-6-16)24-14-18(20-4-3-13-29-20)26-9-11-28-12-10-26;/h3-8,13,18-19,27H,2,9-12,14-15H2,1H3,(H2,23,24,25);1H. The van der Waals surface area contributed by atoms with Crippen LogP contribution in [0.1, 0.15) is 29.5 Å². The van der Waals surface area contributed by atoms with Crippen LogP contribution in [0.25, 0.3) is 0 Å². The fourth-order valence-corrected chi connectivity index (χ4v) is 4.25. The third-order valence-corrected chi connectivity index (χ3v) is 6.07. The van der Waals surface area contributed by atoms with Gasteiger partial charge in [-0.05, 0) is 36.1 Å². The van der Waals surface area contributed by atoms with Crippen LogP contribution in [0.15, 0.2) is 46.8 Å². The van der Waals surface area contributed by atoms with Crippen LogP contribution in [0.4, 0.5) is 0 Å². The predicted molar refractivity (Wildman–Crippen MR) is 135 cm³/mol. The molecule has 0 spiro atoms. The molecule has 2 heterocycles. The van der Waals surface area contributed by atoms with Gasteiger partial charge in [-0.25, -0.2) is 0 Å². The molecule has 0 saturated carbocycles. The minimum absolute atomic E-state index is 0. The van der Waals surface area contributed by atoms with Crippen molar-refractivity contribution in [2.45, 2.75) is 19.1 Å². The number of thiophene rings is 1. The number of nitrogens with one attached hydrogen (secondary N) is 2. The number of hydrogen-bond donors (Lipinski definition) is 3. The number of nitrogens with zero attached hydrogens (tertiary/aromatic N) is 2. The Morgan fingerprint density at radius 1 is 1.23 bits per heavy atom. The van der Waals surface area contributed by atoms with Gasteiger partial charge in [-0.2, -0.15) is 0 Å². The molecular formula is C21H30ClIN4O2S. The zero-order valence-electron chi connectivity index (χ0n) is 17.1. The summed E-state index contributed by atoms with van der Waals surface area (Å²) >= 11 is 7.69. The third kappa shape index (κ3) is 7.65. The highest BCUT2D eigenvalue weighted by Gasteiger charge is 2.23. The Bertz CT molecular complexity index is 755. The fraction of sp³-hybridized carbons (Fsp3) is 0.476. The lowest BCUT2D eigenvalue weighted by atomic mass is 10.1. The molecule has 3 rings (SSSR count). The molecule has 6 nitrogen and oxygen atoms in total. The highest BCUT2D eigenvalue weighted by molar-refractivity contribution is 14.0. The molecule has 1 aromatic heterocycles. The number of benzene rings is 1. The van der Waals surface area contributed by atoms with Gasteiger partial charge < -0.3 is 20.5 Å². The van der Waals surface area contributed by atoms with Gasteiger partial charge >= 0.3 is 0 Å². The second-order valence-corrected chi connectivity index (χ2v) is 8.26. The molecule has 0 radical (unpaired) electrons. The van der Waals surface area contributed by atoms with Gasteiger partial charge in [-0.1, -0.05) is 29.8 Å². The summed E-state index contributed by atoms with van der Waals surface area (Å²) in [7, 11) is 0. The zero-order valence-corrected chi connectivity index (χ0v) is 21.0. The second kappa shape index (κ2) is 13.5. The van der Waals surface area contributed by atoms with Crippen LogP contribution in [0.2, 0.25) is 5.02 Å². The molecule has 1 aromatic carbocycles. The van der Waals surface area contributed by atoms with Gasteiger partial charge in [0.05, 0.1) is 31.9 Å². The SMILES string of the molecule is CCNC(=NCC(c1cccs1)N1CCOCC1)NCC(O)c1ccc(Cl)cc1.I. The van der Waals surface area contributed by atoms with E-state index < -0.39 is 6.10 Å². The number of hydrogen-bond acceptors (Lipinski definition) is 5. The van der Waals surface area contributed by atoms with Crippen molar-refractivity contribution in [1.29, 1.82) is 0 Å². The summed E-state index contributed by atoms with van der Waals surface area (Å²) in [5, 5.41) is 19.7. The average molecular weight is 565 g/mol. The quantitative estimate of drug-likeness (QED) is 0.259. The summed E-state index contributed by atoms with van der Waals surface area (Å²) in [5.74, 6) is 0.704. The molecule has 2 atom stereocenters. The number of aliphatic imine (C=N–C) groups is 1. The molecule has 3 N–H and O–H groups in total. The average Bonchev–Trinajstić information content (AvgIpc) is 3.27. The minimum atomic E-state index is -0.636. The van der Waals surface area contributed by atoms with Crippen molar-refractivity contribution in [3.8, 4) is 0 Å². The molecule has 0 amide bonds. The van der Waals surface area contributed by atoms with Gasteiger partial charge in [0.25, 0.3) is 0 Å². The van der Waals surface area contributed by atoms with Gasteiger partial charge in [0.2, 0.25) is 0 Å². The van der Waals surface area contributed by atoms with Gasteiger partial charge in [-0.15, -0.1) is 35.3 Å². The molecule has 0 aliphatic carbocycles. The van der Waals surface area contributed by atoms with Crippen LogP contribution in [0.5, 0.6) is 0 Å². The first-order chi connectivity index (χ1) is 14.2. The van der Waals surface area contributed by atoms with Crippen molar-refractivity contribution < 1.29 is 9.84 Å². The maximum Gasteiger partial charge on any atom is 0.191 e. The lowest BCUT2D eigenvalue weighted by Gasteiger charge is -2.33. The van der Waals surface area contributed by atoms with Crippen molar-refractivity contribution in [3.63, 3.8) is 0 Å². The highest BCUT2D eigenvalue weighted by Crippen LogP contribution is 2.26. The van der Waals surface area contributed by atoms with Crippen molar-refractivity contribution in [1.82, 2.24) is 15.5 Å². The number of ether oxygens (including phenoxy) is 1. The van der Waals surface area contributed by atoms with Crippen molar-refractivity contribution >= 4 is 52.9 Å². The topological polar surface area (TPSA) is 69.1 Å². The Morgan fingerprint density at radius 2 is 1.97 bits per heavy atom. The molecule has 0 bridgehead atoms. The van der Waals surface area contributed by atoms with E-state index in [1.54, 1.807) is 23.5 Å². The summed E-state index contributed by atoms with van der Waals surface area (Å²) in [4.78, 5) is 8.56. The van der Waals surface area contributed by atoms with Crippen molar-refractivity contribution in [3.05, 3.63) is 57.2 Å². The van der Waals surface area contributed by atoms with Gasteiger partial charge in [0.1, 0.15) is 0 Å². The van der Waals surface area contributed by atoms with Gasteiger partial charge in [0, 0.05) is 36.1 Å². The van der Waals surface area contributed by atoms with E-state index in [4.69, 9.17) is 21.3 Å². The van der Waals surface area contributed by atoms with E-state index in [2.05, 4.69) is 33.0 Å². The van der Waals surface area contributed by atoms with E-state index in [1.807, 2.05) is 19.1 Å². The van der Waals surface area contributed by atoms with Crippen LogP contribution in [-0.2, 0) is 4.74 Å². The van der Waals surface area contributed by atoms with Gasteiger partial charge in [-0.3, -0.25) is 9.89 Å². The number of halogens is 2. The monoisotopic (exact) mass is 564 g/mol. The molecule has 2 aromatic rings. The van der Waals surface area contributed by atoms with Crippen LogP contribution in [0.3, 0.4) is 0 Å². The van der Waals surface area contributed by atoms with Gasteiger partial charge in [0.15, 0.2) is 5.96 Å².